The van der Waals surface area contributed by atoms with Crippen LogP contribution in [-0.4, -0.2) is 35.7 Å². The van der Waals surface area contributed by atoms with Crippen LogP contribution in [0.4, 0.5) is 10.5 Å². The molecule has 0 fully saturated rings. The maximum atomic E-state index is 12.4. The second-order valence-corrected chi connectivity index (χ2v) is 8.59. The van der Waals surface area contributed by atoms with E-state index in [1.54, 1.807) is 6.92 Å². The van der Waals surface area contributed by atoms with E-state index in [0.717, 1.165) is 22.3 Å². The molecule has 0 bridgehead atoms. The van der Waals surface area contributed by atoms with E-state index >= 15 is 0 Å². The molecule has 34 heavy (non-hydrogen) atoms. The fraction of sp³-hybridized carbons (Fsp3) is 0.192. The third kappa shape index (κ3) is 5.21. The number of anilines is 1. The number of benzene rings is 3. The van der Waals surface area contributed by atoms with E-state index in [4.69, 9.17) is 21.4 Å². The molecule has 0 heterocycles. The largest absolute Gasteiger partial charge is 0.478 e. The number of carboxylic acids is 1. The maximum absolute atomic E-state index is 12.4. The minimum absolute atomic E-state index is 0.0287. The first-order valence-corrected chi connectivity index (χ1v) is 11.1. The Morgan fingerprint density at radius 3 is 2.24 bits per heavy atom. The van der Waals surface area contributed by atoms with Crippen LogP contribution in [0.15, 0.2) is 66.7 Å². The van der Waals surface area contributed by atoms with Crippen molar-refractivity contribution in [1.29, 1.82) is 0 Å². The lowest BCUT2D eigenvalue weighted by atomic mass is 9.98. The number of hydrogen-bond acceptors (Lipinski definition) is 4. The molecule has 174 valence electrons. The van der Waals surface area contributed by atoms with Crippen molar-refractivity contribution >= 4 is 35.3 Å². The van der Waals surface area contributed by atoms with Gasteiger partial charge in [0.25, 0.3) is 0 Å². The molecule has 3 aromatic carbocycles. The molecule has 1 atom stereocenters. The number of ether oxygens (including phenoxy) is 1. The van der Waals surface area contributed by atoms with E-state index < -0.39 is 24.0 Å². The third-order valence-corrected chi connectivity index (χ3v) is 5.85. The van der Waals surface area contributed by atoms with Gasteiger partial charge >= 0.3 is 12.1 Å². The number of fused-ring (bicyclic) bond motifs is 3. The van der Waals surface area contributed by atoms with Crippen LogP contribution < -0.4 is 10.6 Å². The van der Waals surface area contributed by atoms with Crippen molar-refractivity contribution in [2.75, 3.05) is 11.9 Å². The van der Waals surface area contributed by atoms with Gasteiger partial charge < -0.3 is 20.5 Å². The predicted octanol–water partition coefficient (Wildman–Crippen LogP) is 5.29. The van der Waals surface area contributed by atoms with Crippen LogP contribution in [0.25, 0.3) is 11.1 Å². The number of carboxylic acid groups (broad SMARTS) is 1. The molecule has 0 saturated carbocycles. The first-order valence-electron chi connectivity index (χ1n) is 10.8. The maximum Gasteiger partial charge on any atom is 0.407 e. The quantitative estimate of drug-likeness (QED) is 0.427. The Morgan fingerprint density at radius 1 is 1.00 bits per heavy atom. The normalized spacial score (nSPS) is 12.9. The average molecular weight is 479 g/mol. The van der Waals surface area contributed by atoms with E-state index in [9.17, 15) is 14.4 Å². The van der Waals surface area contributed by atoms with Crippen LogP contribution in [0.2, 0.25) is 5.02 Å². The molecule has 1 aliphatic carbocycles. The fourth-order valence-corrected chi connectivity index (χ4v) is 4.40. The van der Waals surface area contributed by atoms with Gasteiger partial charge in [0.1, 0.15) is 6.61 Å². The molecule has 7 nitrogen and oxygen atoms in total. The molecule has 3 aromatic rings. The molecule has 8 heteroatoms. The van der Waals surface area contributed by atoms with Crippen molar-refractivity contribution in [3.8, 4) is 11.1 Å². The second-order valence-electron chi connectivity index (χ2n) is 8.16. The van der Waals surface area contributed by atoms with Gasteiger partial charge in [0.15, 0.2) is 0 Å². The molecule has 0 radical (unpaired) electrons. The molecule has 0 unspecified atom stereocenters. The van der Waals surface area contributed by atoms with Crippen LogP contribution in [0, 0.1) is 0 Å². The lowest BCUT2D eigenvalue weighted by Crippen LogP contribution is -2.36. The summed E-state index contributed by atoms with van der Waals surface area (Å²) in [6, 6.07) is 19.7. The smallest absolute Gasteiger partial charge is 0.407 e. The van der Waals surface area contributed by atoms with E-state index in [1.807, 2.05) is 36.4 Å². The monoisotopic (exact) mass is 478 g/mol. The first-order chi connectivity index (χ1) is 16.3. The van der Waals surface area contributed by atoms with Gasteiger partial charge in [-0.1, -0.05) is 60.1 Å². The minimum atomic E-state index is -1.15. The van der Waals surface area contributed by atoms with Crippen LogP contribution in [-0.2, 0) is 9.53 Å². The summed E-state index contributed by atoms with van der Waals surface area (Å²) in [6.07, 6.45) is -0.642. The number of nitrogens with one attached hydrogen (secondary N) is 2. The SMILES string of the molecule is C[C@H](CC(=O)Nc1cc(Cl)cc(C(=O)O)c1)NC(=O)OCC1c2ccccc2-c2ccccc21. The third-order valence-electron chi connectivity index (χ3n) is 5.63. The molecule has 3 N–H and O–H groups in total. The van der Waals surface area contributed by atoms with Gasteiger partial charge in [-0.2, -0.15) is 0 Å². The van der Waals surface area contributed by atoms with Crippen molar-refractivity contribution < 1.29 is 24.2 Å². The van der Waals surface area contributed by atoms with Crippen LogP contribution in [0.1, 0.15) is 40.7 Å². The number of carbonyl (C=O) groups is 3. The minimum Gasteiger partial charge on any atom is -0.478 e. The molecule has 0 aromatic heterocycles. The Kier molecular flexibility index (Phi) is 6.84. The molecular formula is C26H23ClN2O5. The number of carbonyl (C=O) groups excluding carboxylic acids is 2. The van der Waals surface area contributed by atoms with E-state index in [0.29, 0.717) is 0 Å². The lowest BCUT2D eigenvalue weighted by Gasteiger charge is -2.17. The topological polar surface area (TPSA) is 105 Å². The number of aromatic carboxylic acids is 1. The van der Waals surface area contributed by atoms with Crippen molar-refractivity contribution in [2.24, 2.45) is 0 Å². The van der Waals surface area contributed by atoms with Gasteiger partial charge in [-0.15, -0.1) is 0 Å². The molecular weight excluding hydrogens is 456 g/mol. The van der Waals surface area contributed by atoms with Gasteiger partial charge in [-0.25, -0.2) is 9.59 Å². The summed E-state index contributed by atoms with van der Waals surface area (Å²) < 4.78 is 5.50. The summed E-state index contributed by atoms with van der Waals surface area (Å²) in [6.45, 7) is 1.86. The Labute approximate surface area is 201 Å². The van der Waals surface area contributed by atoms with Crippen molar-refractivity contribution in [2.45, 2.75) is 25.3 Å². The molecule has 4 rings (SSSR count). The zero-order valence-electron chi connectivity index (χ0n) is 18.4. The van der Waals surface area contributed by atoms with E-state index in [-0.39, 0.29) is 35.2 Å². The van der Waals surface area contributed by atoms with E-state index in [1.165, 1.54) is 18.2 Å². The molecule has 0 aliphatic heterocycles. The first kappa shape index (κ1) is 23.3. The number of halogens is 1. The molecule has 0 saturated heterocycles. The summed E-state index contributed by atoms with van der Waals surface area (Å²) in [5, 5.41) is 14.6. The zero-order valence-corrected chi connectivity index (χ0v) is 19.1. The predicted molar refractivity (Wildman–Crippen MR) is 129 cm³/mol. The highest BCUT2D eigenvalue weighted by Gasteiger charge is 2.29. The second kappa shape index (κ2) is 9.97. The zero-order chi connectivity index (χ0) is 24.2. The highest BCUT2D eigenvalue weighted by Crippen LogP contribution is 2.44. The van der Waals surface area contributed by atoms with Gasteiger partial charge in [0, 0.05) is 29.1 Å². The summed E-state index contributed by atoms with van der Waals surface area (Å²) in [5.41, 5.74) is 4.75. The van der Waals surface area contributed by atoms with Crippen molar-refractivity contribution in [3.63, 3.8) is 0 Å². The Hall–Kier alpha value is -3.84. The number of hydrogen-bond donors (Lipinski definition) is 3. The standard InChI is InChI=1S/C26H23ClN2O5/c1-15(10-24(30)29-18-12-16(25(31)32)11-17(27)13-18)28-26(33)34-14-23-21-8-4-2-6-19(21)20-7-3-5-9-22(20)23/h2-9,11-13,15,23H,10,14H2,1H3,(H,28,33)(H,29,30)(H,31,32)/t15-/m1/s1. The van der Waals surface area contributed by atoms with Gasteiger partial charge in [0.2, 0.25) is 5.91 Å². The van der Waals surface area contributed by atoms with Crippen molar-refractivity contribution in [3.05, 3.63) is 88.4 Å². The number of rotatable bonds is 7. The highest BCUT2D eigenvalue weighted by atomic mass is 35.5. The summed E-state index contributed by atoms with van der Waals surface area (Å²) in [7, 11) is 0. The van der Waals surface area contributed by atoms with Gasteiger partial charge in [-0.3, -0.25) is 4.79 Å². The number of amides is 2. The summed E-state index contributed by atoms with van der Waals surface area (Å²) >= 11 is 5.92. The Bertz CT molecular complexity index is 1210. The molecule has 1 aliphatic rings. The number of alkyl carbamates (subject to hydrolysis) is 1. The van der Waals surface area contributed by atoms with Crippen LogP contribution >= 0.6 is 11.6 Å². The fourth-order valence-electron chi connectivity index (χ4n) is 4.17. The Morgan fingerprint density at radius 2 is 1.62 bits per heavy atom. The van der Waals surface area contributed by atoms with Gasteiger partial charge in [0.05, 0.1) is 5.56 Å². The van der Waals surface area contributed by atoms with Crippen molar-refractivity contribution in [1.82, 2.24) is 5.32 Å². The highest BCUT2D eigenvalue weighted by molar-refractivity contribution is 6.31. The van der Waals surface area contributed by atoms with Gasteiger partial charge in [-0.05, 0) is 47.4 Å². The average Bonchev–Trinajstić information content (AvgIpc) is 3.10. The molecule has 2 amide bonds. The summed E-state index contributed by atoms with van der Waals surface area (Å²) in [4.78, 5) is 35.9. The van der Waals surface area contributed by atoms with E-state index in [2.05, 4.69) is 22.8 Å². The van der Waals surface area contributed by atoms with Crippen LogP contribution in [0.5, 0.6) is 0 Å². The summed E-state index contributed by atoms with van der Waals surface area (Å²) in [5.74, 6) is -1.60. The lowest BCUT2D eigenvalue weighted by molar-refractivity contribution is -0.116. The van der Waals surface area contributed by atoms with Crippen LogP contribution in [0.3, 0.4) is 0 Å². The Balaban J connectivity index is 1.31. The molecule has 0 spiro atoms.